The highest BCUT2D eigenvalue weighted by atomic mass is 16.5. The van der Waals surface area contributed by atoms with E-state index in [1.165, 1.54) is 6.20 Å². The standard InChI is InChI=1S/C17H17N3O5/c21-10-12-3-1-2-4-15(12)25-11-14-13(16(22)23)9-18-17(19-14)20-5-7-24-8-6-20/h1-4,9-10H,5-8,11H2,(H,22,23). The summed E-state index contributed by atoms with van der Waals surface area (Å²) in [5.41, 5.74) is 0.618. The normalized spacial score (nSPS) is 14.2. The van der Waals surface area contributed by atoms with Crippen molar-refractivity contribution < 1.29 is 24.2 Å². The van der Waals surface area contributed by atoms with Gasteiger partial charge in [0.15, 0.2) is 6.29 Å². The summed E-state index contributed by atoms with van der Waals surface area (Å²) in [4.78, 5) is 32.9. The van der Waals surface area contributed by atoms with Crippen molar-refractivity contribution in [2.75, 3.05) is 31.2 Å². The van der Waals surface area contributed by atoms with Crippen LogP contribution < -0.4 is 9.64 Å². The second kappa shape index (κ2) is 7.71. The average molecular weight is 343 g/mol. The molecule has 1 aliphatic rings. The predicted octanol–water partition coefficient (Wildman–Crippen LogP) is 1.40. The summed E-state index contributed by atoms with van der Waals surface area (Å²) in [5.74, 6) is -0.313. The number of benzene rings is 1. The van der Waals surface area contributed by atoms with E-state index in [2.05, 4.69) is 9.97 Å². The number of para-hydroxylation sites is 1. The fourth-order valence-corrected chi connectivity index (χ4v) is 2.47. The zero-order valence-corrected chi connectivity index (χ0v) is 13.4. The monoisotopic (exact) mass is 343 g/mol. The minimum absolute atomic E-state index is 0.0272. The van der Waals surface area contributed by atoms with Crippen LogP contribution in [0.4, 0.5) is 5.95 Å². The summed E-state index contributed by atoms with van der Waals surface area (Å²) in [6.07, 6.45) is 1.97. The van der Waals surface area contributed by atoms with Crippen molar-refractivity contribution in [3.63, 3.8) is 0 Å². The third-order valence-corrected chi connectivity index (χ3v) is 3.79. The number of hydrogen-bond donors (Lipinski definition) is 1. The largest absolute Gasteiger partial charge is 0.487 e. The Bertz CT molecular complexity index is 775. The molecule has 8 nitrogen and oxygen atoms in total. The molecule has 0 unspecified atom stereocenters. The first-order valence-electron chi connectivity index (χ1n) is 7.78. The maximum Gasteiger partial charge on any atom is 0.339 e. The van der Waals surface area contributed by atoms with Gasteiger partial charge in [-0.25, -0.2) is 14.8 Å². The van der Waals surface area contributed by atoms with Gasteiger partial charge in [-0.1, -0.05) is 12.1 Å². The molecule has 0 atom stereocenters. The molecule has 2 aromatic rings. The lowest BCUT2D eigenvalue weighted by atomic mass is 10.2. The highest BCUT2D eigenvalue weighted by Crippen LogP contribution is 2.19. The smallest absolute Gasteiger partial charge is 0.339 e. The zero-order chi connectivity index (χ0) is 17.6. The minimum atomic E-state index is -1.13. The first-order chi connectivity index (χ1) is 12.2. The van der Waals surface area contributed by atoms with E-state index in [1.54, 1.807) is 24.3 Å². The number of rotatable bonds is 6. The second-order valence-corrected chi connectivity index (χ2v) is 5.38. The number of carboxylic acids is 1. The van der Waals surface area contributed by atoms with Crippen molar-refractivity contribution in [2.45, 2.75) is 6.61 Å². The van der Waals surface area contributed by atoms with Crippen molar-refractivity contribution in [1.82, 2.24) is 9.97 Å². The zero-order valence-electron chi connectivity index (χ0n) is 13.4. The van der Waals surface area contributed by atoms with Crippen molar-refractivity contribution in [2.24, 2.45) is 0 Å². The number of nitrogens with zero attached hydrogens (tertiary/aromatic N) is 3. The first kappa shape index (κ1) is 16.8. The number of ether oxygens (including phenoxy) is 2. The lowest BCUT2D eigenvalue weighted by Gasteiger charge is -2.27. The maximum absolute atomic E-state index is 11.4. The van der Waals surface area contributed by atoms with E-state index < -0.39 is 5.97 Å². The van der Waals surface area contributed by atoms with Crippen molar-refractivity contribution in [3.05, 3.63) is 47.3 Å². The van der Waals surface area contributed by atoms with Crippen LogP contribution >= 0.6 is 0 Å². The number of carboxylic acid groups (broad SMARTS) is 1. The van der Waals surface area contributed by atoms with Crippen LogP contribution in [-0.2, 0) is 11.3 Å². The Labute approximate surface area is 144 Å². The third kappa shape index (κ3) is 3.92. The quantitative estimate of drug-likeness (QED) is 0.786. The van der Waals surface area contributed by atoms with Crippen LogP contribution in [0.2, 0.25) is 0 Å². The predicted molar refractivity (Wildman–Crippen MR) is 88.2 cm³/mol. The number of hydrogen-bond acceptors (Lipinski definition) is 7. The Kier molecular flexibility index (Phi) is 5.20. The molecule has 0 radical (unpaired) electrons. The van der Waals surface area contributed by atoms with Crippen molar-refractivity contribution in [1.29, 1.82) is 0 Å². The molecule has 8 heteroatoms. The van der Waals surface area contributed by atoms with Crippen LogP contribution in [0.15, 0.2) is 30.5 Å². The molecule has 0 amide bonds. The van der Waals surface area contributed by atoms with Gasteiger partial charge in [0.05, 0.1) is 24.5 Å². The van der Waals surface area contributed by atoms with Crippen LogP contribution in [0, 0.1) is 0 Å². The summed E-state index contributed by atoms with van der Waals surface area (Å²) >= 11 is 0. The van der Waals surface area contributed by atoms with Gasteiger partial charge in [0.1, 0.15) is 17.9 Å². The molecule has 0 saturated carbocycles. The van der Waals surface area contributed by atoms with Crippen LogP contribution in [0.3, 0.4) is 0 Å². The molecule has 130 valence electrons. The molecule has 0 bridgehead atoms. The lowest BCUT2D eigenvalue weighted by Crippen LogP contribution is -2.37. The fourth-order valence-electron chi connectivity index (χ4n) is 2.47. The van der Waals surface area contributed by atoms with Crippen LogP contribution in [0.5, 0.6) is 5.75 Å². The topological polar surface area (TPSA) is 102 Å². The molecule has 2 heterocycles. The van der Waals surface area contributed by atoms with Gasteiger partial charge in [-0.3, -0.25) is 4.79 Å². The molecule has 0 spiro atoms. The second-order valence-electron chi connectivity index (χ2n) is 5.38. The van der Waals surface area contributed by atoms with Crippen LogP contribution in [0.25, 0.3) is 0 Å². The van der Waals surface area contributed by atoms with Crippen molar-refractivity contribution >= 4 is 18.2 Å². The van der Waals surface area contributed by atoms with Gasteiger partial charge in [0.2, 0.25) is 5.95 Å². The maximum atomic E-state index is 11.4. The number of anilines is 1. The van der Waals surface area contributed by atoms with E-state index in [4.69, 9.17) is 9.47 Å². The average Bonchev–Trinajstić information content (AvgIpc) is 2.67. The van der Waals surface area contributed by atoms with Gasteiger partial charge < -0.3 is 19.5 Å². The van der Waals surface area contributed by atoms with Crippen LogP contribution in [0.1, 0.15) is 26.4 Å². The molecule has 1 N–H and O–H groups in total. The molecule has 1 fully saturated rings. The van der Waals surface area contributed by atoms with E-state index in [9.17, 15) is 14.7 Å². The van der Waals surface area contributed by atoms with Gasteiger partial charge in [0.25, 0.3) is 0 Å². The fraction of sp³-hybridized carbons (Fsp3) is 0.294. The molecule has 1 aromatic heterocycles. The Balaban J connectivity index is 1.84. The number of aromatic nitrogens is 2. The van der Waals surface area contributed by atoms with Gasteiger partial charge in [-0.15, -0.1) is 0 Å². The summed E-state index contributed by atoms with van der Waals surface area (Å²) in [6.45, 7) is 2.35. The Morgan fingerprint density at radius 3 is 2.80 bits per heavy atom. The number of morpholine rings is 1. The highest BCUT2D eigenvalue weighted by Gasteiger charge is 2.19. The van der Waals surface area contributed by atoms with E-state index in [-0.39, 0.29) is 17.9 Å². The summed E-state index contributed by atoms with van der Waals surface area (Å²) in [6, 6.07) is 6.73. The molecule has 1 aromatic carbocycles. The Hall–Kier alpha value is -3.00. The van der Waals surface area contributed by atoms with Gasteiger partial charge in [-0.2, -0.15) is 0 Å². The van der Waals surface area contributed by atoms with Crippen molar-refractivity contribution in [3.8, 4) is 5.75 Å². The Morgan fingerprint density at radius 1 is 1.32 bits per heavy atom. The molecule has 0 aliphatic carbocycles. The van der Waals surface area contributed by atoms with E-state index in [1.807, 2.05) is 4.90 Å². The van der Waals surface area contributed by atoms with Gasteiger partial charge in [-0.05, 0) is 12.1 Å². The minimum Gasteiger partial charge on any atom is -0.487 e. The molecule has 25 heavy (non-hydrogen) atoms. The summed E-state index contributed by atoms with van der Waals surface area (Å²) in [5, 5.41) is 9.34. The first-order valence-corrected chi connectivity index (χ1v) is 7.78. The molecule has 1 aliphatic heterocycles. The van der Waals surface area contributed by atoms with Crippen LogP contribution in [-0.4, -0.2) is 53.6 Å². The van der Waals surface area contributed by atoms with Gasteiger partial charge >= 0.3 is 5.97 Å². The van der Waals surface area contributed by atoms with Gasteiger partial charge in [0, 0.05) is 19.3 Å². The van der Waals surface area contributed by atoms with E-state index in [0.717, 1.165) is 0 Å². The SMILES string of the molecule is O=Cc1ccccc1OCc1nc(N2CCOCC2)ncc1C(=O)O. The van der Waals surface area contributed by atoms with E-state index in [0.29, 0.717) is 49.9 Å². The summed E-state index contributed by atoms with van der Waals surface area (Å²) < 4.78 is 10.9. The number of aromatic carboxylic acids is 1. The third-order valence-electron chi connectivity index (χ3n) is 3.79. The highest BCUT2D eigenvalue weighted by molar-refractivity contribution is 5.88. The number of carbonyl (C=O) groups excluding carboxylic acids is 1. The lowest BCUT2D eigenvalue weighted by molar-refractivity contribution is 0.0692. The molecule has 3 rings (SSSR count). The number of carbonyl (C=O) groups is 2. The Morgan fingerprint density at radius 2 is 2.08 bits per heavy atom. The number of aldehydes is 1. The van der Waals surface area contributed by atoms with E-state index >= 15 is 0 Å². The molecular weight excluding hydrogens is 326 g/mol. The molecule has 1 saturated heterocycles. The summed E-state index contributed by atoms with van der Waals surface area (Å²) in [7, 11) is 0. The molecular formula is C17H17N3O5.